The Labute approximate surface area is 117 Å². The predicted molar refractivity (Wildman–Crippen MR) is 79.7 cm³/mol. The van der Waals surface area contributed by atoms with Crippen LogP contribution in [0.15, 0.2) is 24.3 Å². The molecule has 104 valence electrons. The second kappa shape index (κ2) is 7.34. The van der Waals surface area contributed by atoms with E-state index in [2.05, 4.69) is 25.6 Å². The van der Waals surface area contributed by atoms with Crippen molar-refractivity contribution in [2.45, 2.75) is 32.4 Å². The fourth-order valence-electron chi connectivity index (χ4n) is 1.55. The highest BCUT2D eigenvalue weighted by molar-refractivity contribution is 6.69. The minimum atomic E-state index is -1.62. The van der Waals surface area contributed by atoms with Gasteiger partial charge in [0.2, 0.25) is 0 Å². The number of terminal acetylenes is 1. The molecule has 0 fully saturated rings. The summed E-state index contributed by atoms with van der Waals surface area (Å²) in [7, 11) is 0.0276. The summed E-state index contributed by atoms with van der Waals surface area (Å²) < 4.78 is 16.5. The first-order chi connectivity index (χ1) is 8.94. The van der Waals surface area contributed by atoms with Crippen molar-refractivity contribution in [2.24, 2.45) is 0 Å². The molecule has 3 nitrogen and oxygen atoms in total. The van der Waals surface area contributed by atoms with Gasteiger partial charge in [0, 0.05) is 0 Å². The van der Waals surface area contributed by atoms with Crippen molar-refractivity contribution in [3.63, 3.8) is 0 Å². The summed E-state index contributed by atoms with van der Waals surface area (Å²) in [6, 6.07) is 7.78. The summed E-state index contributed by atoms with van der Waals surface area (Å²) in [6.45, 7) is 7.28. The lowest BCUT2D eigenvalue weighted by Crippen LogP contribution is -2.33. The minimum absolute atomic E-state index is 0.259. The van der Waals surface area contributed by atoms with Gasteiger partial charge >= 0.3 is 0 Å². The zero-order valence-electron chi connectivity index (χ0n) is 12.1. The highest BCUT2D eigenvalue weighted by Gasteiger charge is 2.19. The van der Waals surface area contributed by atoms with Gasteiger partial charge < -0.3 is 13.9 Å². The third-order valence-electron chi connectivity index (χ3n) is 2.38. The highest BCUT2D eigenvalue weighted by atomic mass is 28.4. The lowest BCUT2D eigenvalue weighted by atomic mass is 10.2. The Morgan fingerprint density at radius 3 is 2.32 bits per heavy atom. The van der Waals surface area contributed by atoms with Crippen LogP contribution in [0, 0.1) is 12.3 Å². The quantitative estimate of drug-likeness (QED) is 0.567. The number of methoxy groups -OCH3 is 1. The van der Waals surface area contributed by atoms with E-state index in [-0.39, 0.29) is 6.10 Å². The van der Waals surface area contributed by atoms with E-state index in [0.717, 1.165) is 11.3 Å². The van der Waals surface area contributed by atoms with Crippen molar-refractivity contribution in [3.05, 3.63) is 29.8 Å². The second-order valence-corrected chi connectivity index (χ2v) is 9.71. The number of rotatable bonds is 7. The van der Waals surface area contributed by atoms with E-state index in [4.69, 9.17) is 20.3 Å². The van der Waals surface area contributed by atoms with Crippen molar-refractivity contribution in [3.8, 4) is 18.1 Å². The third kappa shape index (κ3) is 6.44. The maximum absolute atomic E-state index is 5.82. The van der Waals surface area contributed by atoms with Crippen LogP contribution in [0.2, 0.25) is 19.6 Å². The molecule has 0 aliphatic carbocycles. The first-order valence-corrected chi connectivity index (χ1v) is 9.70. The van der Waals surface area contributed by atoms with Gasteiger partial charge in [-0.25, -0.2) is 0 Å². The Balaban J connectivity index is 2.38. The second-order valence-electron chi connectivity index (χ2n) is 5.25. The molecule has 0 aliphatic rings. The van der Waals surface area contributed by atoms with Crippen LogP contribution in [-0.2, 0) is 15.8 Å². The fourth-order valence-corrected chi connectivity index (χ4v) is 2.54. The van der Waals surface area contributed by atoms with Crippen LogP contribution < -0.4 is 4.74 Å². The van der Waals surface area contributed by atoms with Crippen LogP contribution in [0.4, 0.5) is 0 Å². The van der Waals surface area contributed by atoms with Crippen LogP contribution >= 0.6 is 0 Å². The monoisotopic (exact) mass is 278 g/mol. The number of ether oxygens (including phenoxy) is 2. The maximum Gasteiger partial charge on any atom is 0.185 e. The Kier molecular flexibility index (Phi) is 6.09. The third-order valence-corrected chi connectivity index (χ3v) is 3.37. The molecule has 19 heavy (non-hydrogen) atoms. The first-order valence-electron chi connectivity index (χ1n) is 6.29. The van der Waals surface area contributed by atoms with Crippen LogP contribution in [0.25, 0.3) is 0 Å². The van der Waals surface area contributed by atoms with Crippen LogP contribution in [0.1, 0.15) is 5.56 Å². The van der Waals surface area contributed by atoms with Gasteiger partial charge in [-0.05, 0) is 37.3 Å². The Morgan fingerprint density at radius 2 is 1.84 bits per heavy atom. The first kappa shape index (κ1) is 15.8. The molecule has 0 unspecified atom stereocenters. The molecule has 1 aromatic carbocycles. The van der Waals surface area contributed by atoms with Crippen molar-refractivity contribution < 1.29 is 13.9 Å². The fraction of sp³-hybridized carbons (Fsp3) is 0.467. The molecule has 1 atom stereocenters. The van der Waals surface area contributed by atoms with Gasteiger partial charge in [0.25, 0.3) is 0 Å². The van der Waals surface area contributed by atoms with Crippen LogP contribution in [0.3, 0.4) is 0 Å². The maximum atomic E-state index is 5.82. The zero-order chi connectivity index (χ0) is 14.3. The van der Waals surface area contributed by atoms with E-state index in [1.807, 2.05) is 24.3 Å². The molecule has 0 spiro atoms. The molecular formula is C15H22O3Si. The summed E-state index contributed by atoms with van der Waals surface area (Å²) in [5.41, 5.74) is 1.09. The van der Waals surface area contributed by atoms with Crippen LogP contribution in [-0.4, -0.2) is 28.1 Å². The van der Waals surface area contributed by atoms with Crippen molar-refractivity contribution in [1.82, 2.24) is 0 Å². The average molecular weight is 278 g/mol. The molecule has 0 bridgehead atoms. The molecule has 0 radical (unpaired) electrons. The van der Waals surface area contributed by atoms with E-state index in [1.54, 1.807) is 7.11 Å². The van der Waals surface area contributed by atoms with Gasteiger partial charge in [0.1, 0.15) is 11.9 Å². The van der Waals surface area contributed by atoms with E-state index in [9.17, 15) is 0 Å². The largest absolute Gasteiger partial charge is 0.497 e. The SMILES string of the molecule is C#C[C@@H](COCc1ccc(OC)cc1)O[Si](C)(C)C. The standard InChI is InChI=1S/C15H22O3Si/c1-6-14(18-19(3,4)5)12-17-11-13-7-9-15(16-2)10-8-13/h1,7-10,14H,11-12H2,2-5H3/t14-/m0/s1. The normalized spacial score (nSPS) is 12.8. The minimum Gasteiger partial charge on any atom is -0.497 e. The summed E-state index contributed by atoms with van der Waals surface area (Å²) >= 11 is 0. The Morgan fingerprint density at radius 1 is 1.21 bits per heavy atom. The molecular weight excluding hydrogens is 256 g/mol. The van der Waals surface area contributed by atoms with Crippen LogP contribution in [0.5, 0.6) is 5.75 Å². The molecule has 0 amide bonds. The zero-order valence-corrected chi connectivity index (χ0v) is 13.1. The van der Waals surface area contributed by atoms with Crippen molar-refractivity contribution in [1.29, 1.82) is 0 Å². The van der Waals surface area contributed by atoms with Gasteiger partial charge in [0.15, 0.2) is 8.32 Å². The van der Waals surface area contributed by atoms with Crippen molar-refractivity contribution >= 4 is 8.32 Å². The van der Waals surface area contributed by atoms with Gasteiger partial charge in [-0.15, -0.1) is 6.42 Å². The Hall–Kier alpha value is -1.28. The number of benzene rings is 1. The summed E-state index contributed by atoms with van der Waals surface area (Å²) in [4.78, 5) is 0. The molecule has 0 aliphatic heterocycles. The average Bonchev–Trinajstić information content (AvgIpc) is 2.37. The van der Waals surface area contributed by atoms with E-state index in [0.29, 0.717) is 13.2 Å². The van der Waals surface area contributed by atoms with Gasteiger partial charge in [-0.1, -0.05) is 18.1 Å². The molecule has 4 heteroatoms. The number of hydrogen-bond donors (Lipinski definition) is 0. The smallest absolute Gasteiger partial charge is 0.185 e. The molecule has 0 N–H and O–H groups in total. The lowest BCUT2D eigenvalue weighted by Gasteiger charge is -2.22. The van der Waals surface area contributed by atoms with Crippen molar-refractivity contribution in [2.75, 3.05) is 13.7 Å². The van der Waals surface area contributed by atoms with E-state index >= 15 is 0 Å². The molecule has 0 saturated heterocycles. The van der Waals surface area contributed by atoms with Gasteiger partial charge in [-0.2, -0.15) is 0 Å². The van der Waals surface area contributed by atoms with E-state index < -0.39 is 8.32 Å². The number of hydrogen-bond acceptors (Lipinski definition) is 3. The summed E-state index contributed by atoms with van der Waals surface area (Å²) in [5, 5.41) is 0. The highest BCUT2D eigenvalue weighted by Crippen LogP contribution is 2.12. The molecule has 1 aromatic rings. The molecule has 0 heterocycles. The molecule has 0 aromatic heterocycles. The Bertz CT molecular complexity index is 415. The van der Waals surface area contributed by atoms with Gasteiger partial charge in [0.05, 0.1) is 20.3 Å². The molecule has 0 saturated carbocycles. The van der Waals surface area contributed by atoms with E-state index in [1.165, 1.54) is 0 Å². The lowest BCUT2D eigenvalue weighted by molar-refractivity contribution is 0.0617. The summed E-state index contributed by atoms with van der Waals surface area (Å²) in [6.07, 6.45) is 5.19. The molecule has 1 rings (SSSR count). The topological polar surface area (TPSA) is 27.7 Å². The summed E-state index contributed by atoms with van der Waals surface area (Å²) in [5.74, 6) is 3.47. The van der Waals surface area contributed by atoms with Gasteiger partial charge in [-0.3, -0.25) is 0 Å². The predicted octanol–water partition coefficient (Wildman–Crippen LogP) is 3.07.